The lowest BCUT2D eigenvalue weighted by molar-refractivity contribution is -0.182. The van der Waals surface area contributed by atoms with E-state index in [2.05, 4.69) is 22.9 Å². The van der Waals surface area contributed by atoms with Gasteiger partial charge in [-0.15, -0.1) is 11.6 Å². The Morgan fingerprint density at radius 2 is 1.31 bits per heavy atom. The molecule has 0 radical (unpaired) electrons. The van der Waals surface area contributed by atoms with Crippen molar-refractivity contribution < 1.29 is 80.2 Å². The van der Waals surface area contributed by atoms with Gasteiger partial charge >= 0.3 is 6.18 Å². The standard InChI is InChI=1S/C77H122ClF3N12O14/c1-14-21-56-66(97)83-64(50-33-36-106-37-34-50)72(103)87(9)44-63(96)89(11)57-24-17-16-20-35-92(71(57)102)60(39-49-27-25-47(3)26-28-49)70(101)86(8)43-61(94)82-55(32-30-48-29-31-53(54(78)38-48)77(79,80)81)68(99)93-42-52(107-15-2)40-58(93)67(98)84-76(45-75(4,5)46-76)74(105)91(13)65(51-22-18-19-23-51)73(104)90(12)59(69(100)85(6)7)41-62(95)88(56)10/h16-17,47-60,64-65H,14-15,18-46H2,1-13H3,(H,82,94)(H,83,97)(H,84,98)/b17-16-/t47?,48?,49?,52-,53?,54?,55+,56+,57+,58+,59+,60+,64+,65+/m1/s1. The van der Waals surface area contributed by atoms with Crippen LogP contribution in [0.5, 0.6) is 0 Å². The Hall–Kier alpha value is -6.62. The number of nitrogens with one attached hydrogen (secondary N) is 3. The molecular weight excluding hydrogens is 1410 g/mol. The van der Waals surface area contributed by atoms with Gasteiger partial charge in [0.2, 0.25) is 70.9 Å². The molecule has 8 aliphatic rings. The normalized spacial score (nSPS) is 32.5. The first-order valence-electron chi connectivity index (χ1n) is 39.3. The zero-order valence-electron chi connectivity index (χ0n) is 65.6. The summed E-state index contributed by atoms with van der Waals surface area (Å²) in [4.78, 5) is 194. The molecule has 0 aromatic heterocycles. The van der Waals surface area contributed by atoms with E-state index in [9.17, 15) is 37.1 Å². The fourth-order valence-electron chi connectivity index (χ4n) is 18.4. The van der Waals surface area contributed by atoms with Crippen molar-refractivity contribution in [2.45, 2.75) is 260 Å². The van der Waals surface area contributed by atoms with Crippen molar-refractivity contribution in [2.75, 3.05) is 102 Å². The summed E-state index contributed by atoms with van der Waals surface area (Å²) in [5.74, 6) is -10.5. The predicted octanol–water partition coefficient (Wildman–Crippen LogP) is 5.90. The number of alkyl halides is 4. The SMILES string of the molecule is CCC[C@H]1C(=O)N[C@@H](C2CCOCC2)C(=O)N(C)CC(=O)N(C)[C@H]2C/C=C\CCN(C2=O)[C@@H](CC2CCC(C)CC2)C(=O)N(C)CC(=O)N[C@@H](CCC2CCC(C(F)(F)F)C(Cl)C2)C(=O)N2C[C@H](OCC)C[C@H]2C(=O)NC2(CC(C)(C)C2)C(=O)N(C)[C@@H](C2CCCC2)C(=O)N(C)[C@H](C(=O)N(C)C)CC(=O)N1C. The van der Waals surface area contributed by atoms with E-state index in [-0.39, 0.29) is 109 Å². The molecule has 0 aromatic carbocycles. The summed E-state index contributed by atoms with van der Waals surface area (Å²) >= 11 is 6.47. The molecule has 602 valence electrons. The second-order valence-corrected chi connectivity index (χ2v) is 33.9. The van der Waals surface area contributed by atoms with Crippen LogP contribution in [0.2, 0.25) is 0 Å². The predicted molar refractivity (Wildman–Crippen MR) is 394 cm³/mol. The molecule has 30 heteroatoms. The number of hydrogen-bond acceptors (Lipinski definition) is 14. The minimum absolute atomic E-state index is 0.00969. The van der Waals surface area contributed by atoms with Gasteiger partial charge in [-0.1, -0.05) is 84.8 Å². The third kappa shape index (κ3) is 21.1. The molecule has 12 atom stereocenters. The van der Waals surface area contributed by atoms with E-state index in [1.54, 1.807) is 13.0 Å². The maximum Gasteiger partial charge on any atom is 0.393 e. The Morgan fingerprint density at radius 1 is 0.664 bits per heavy atom. The van der Waals surface area contributed by atoms with Gasteiger partial charge in [0.25, 0.3) is 0 Å². The summed E-state index contributed by atoms with van der Waals surface area (Å²) in [6.07, 6.45) is 5.49. The number of nitrogens with zero attached hydrogens (tertiary/aromatic N) is 9. The highest BCUT2D eigenvalue weighted by Crippen LogP contribution is 2.50. The topological polar surface area (TPSA) is 289 Å². The number of halogens is 4. The Bertz CT molecular complexity index is 3210. The van der Waals surface area contributed by atoms with E-state index in [0.29, 0.717) is 44.4 Å². The first kappa shape index (κ1) is 86.0. The molecule has 4 aliphatic carbocycles. The molecule has 3 unspecified atom stereocenters. The van der Waals surface area contributed by atoms with Crippen LogP contribution in [0.1, 0.15) is 189 Å². The van der Waals surface area contributed by atoms with Crippen LogP contribution >= 0.6 is 11.6 Å². The molecular formula is C77H122ClF3N12O14. The second kappa shape index (κ2) is 37.4. The molecule has 3 N–H and O–H groups in total. The summed E-state index contributed by atoms with van der Waals surface area (Å²) < 4.78 is 54.3. The molecule has 26 nitrogen and oxygen atoms in total. The van der Waals surface area contributed by atoms with Crippen LogP contribution in [-0.2, 0) is 67.0 Å². The molecule has 7 fully saturated rings. The maximum absolute atomic E-state index is 15.8. The Labute approximate surface area is 635 Å². The van der Waals surface area contributed by atoms with Crippen molar-refractivity contribution in [3.63, 3.8) is 0 Å². The van der Waals surface area contributed by atoms with Gasteiger partial charge in [0.05, 0.1) is 31.5 Å². The third-order valence-electron chi connectivity index (χ3n) is 24.5. The van der Waals surface area contributed by atoms with Gasteiger partial charge in [-0.25, -0.2) is 0 Å². The van der Waals surface area contributed by atoms with Gasteiger partial charge in [0.1, 0.15) is 53.9 Å². The van der Waals surface area contributed by atoms with Gasteiger partial charge in [-0.05, 0) is 138 Å². The van der Waals surface area contributed by atoms with Gasteiger partial charge in [-0.2, -0.15) is 13.2 Å². The van der Waals surface area contributed by atoms with Crippen LogP contribution < -0.4 is 16.0 Å². The molecule has 0 aromatic rings. The average Bonchev–Trinajstić information content (AvgIpc) is 1.55. The number of ether oxygens (including phenoxy) is 2. The van der Waals surface area contributed by atoms with Crippen LogP contribution in [0, 0.1) is 40.9 Å². The van der Waals surface area contributed by atoms with Crippen molar-refractivity contribution in [3.05, 3.63) is 12.2 Å². The van der Waals surface area contributed by atoms with E-state index in [0.717, 1.165) is 38.5 Å². The zero-order valence-corrected chi connectivity index (χ0v) is 66.3. The molecule has 1 spiro atoms. The van der Waals surface area contributed by atoms with E-state index in [4.69, 9.17) is 21.1 Å². The average molecular weight is 1530 g/mol. The molecule has 4 heterocycles. The lowest BCUT2D eigenvalue weighted by atomic mass is 9.58. The fourth-order valence-corrected chi connectivity index (χ4v) is 18.9. The molecule has 4 saturated carbocycles. The van der Waals surface area contributed by atoms with Gasteiger partial charge in [-0.3, -0.25) is 57.5 Å². The van der Waals surface area contributed by atoms with E-state index >= 15 is 33.6 Å². The second-order valence-electron chi connectivity index (χ2n) is 33.3. The fraction of sp³-hybridized carbons (Fsp3) is 0.818. The van der Waals surface area contributed by atoms with E-state index in [1.165, 1.54) is 100 Å². The van der Waals surface area contributed by atoms with Gasteiger partial charge < -0.3 is 69.5 Å². The number of fused-ring (bicyclic) bond motifs is 3. The highest BCUT2D eigenvalue weighted by Gasteiger charge is 2.60. The summed E-state index contributed by atoms with van der Waals surface area (Å²) in [6, 6.07) is -10.1. The van der Waals surface area contributed by atoms with Crippen molar-refractivity contribution in [2.24, 2.45) is 40.9 Å². The smallest absolute Gasteiger partial charge is 0.381 e. The maximum atomic E-state index is 15.8. The van der Waals surface area contributed by atoms with Gasteiger partial charge in [0.15, 0.2) is 0 Å². The van der Waals surface area contributed by atoms with E-state index < -0.39 is 191 Å². The largest absolute Gasteiger partial charge is 0.393 e. The first-order chi connectivity index (χ1) is 50.4. The number of hydrogen-bond donors (Lipinski definition) is 3. The van der Waals surface area contributed by atoms with Crippen LogP contribution in [0.25, 0.3) is 0 Å². The Balaban J connectivity index is 1.21. The molecule has 12 amide bonds. The van der Waals surface area contributed by atoms with E-state index in [1.807, 2.05) is 26.8 Å². The summed E-state index contributed by atoms with van der Waals surface area (Å²) in [6.45, 7) is 9.09. The molecule has 8 rings (SSSR count). The van der Waals surface area contributed by atoms with Crippen molar-refractivity contribution in [1.29, 1.82) is 0 Å². The molecule has 2 bridgehead atoms. The van der Waals surface area contributed by atoms with Gasteiger partial charge in [0, 0.05) is 101 Å². The zero-order chi connectivity index (χ0) is 78.7. The Kier molecular flexibility index (Phi) is 30.0. The lowest BCUT2D eigenvalue weighted by Gasteiger charge is -2.54. The van der Waals surface area contributed by atoms with Crippen molar-refractivity contribution >= 4 is 82.5 Å². The van der Waals surface area contributed by atoms with Crippen molar-refractivity contribution in [1.82, 2.24) is 60.0 Å². The van der Waals surface area contributed by atoms with Crippen LogP contribution in [-0.4, -0.2) is 289 Å². The van der Waals surface area contributed by atoms with Crippen LogP contribution in [0.15, 0.2) is 12.2 Å². The summed E-state index contributed by atoms with van der Waals surface area (Å²) in [5.41, 5.74) is -2.18. The molecule has 107 heavy (non-hydrogen) atoms. The van der Waals surface area contributed by atoms with Crippen LogP contribution in [0.4, 0.5) is 13.2 Å². The number of likely N-dealkylation sites (N-methyl/N-ethyl adjacent to an activating group) is 7. The highest BCUT2D eigenvalue weighted by atomic mass is 35.5. The number of amides is 12. The quantitative estimate of drug-likeness (QED) is 0.152. The van der Waals surface area contributed by atoms with Crippen molar-refractivity contribution in [3.8, 4) is 0 Å². The number of carbonyl (C=O) groups excluding carboxylic acids is 12. The number of rotatable bonds is 12. The minimum atomic E-state index is -4.53. The highest BCUT2D eigenvalue weighted by molar-refractivity contribution is 6.21. The molecule has 3 saturated heterocycles. The monoisotopic (exact) mass is 1530 g/mol. The summed E-state index contributed by atoms with van der Waals surface area (Å²) in [7, 11) is 11.6. The van der Waals surface area contributed by atoms with Crippen LogP contribution in [0.3, 0.4) is 0 Å². The summed E-state index contributed by atoms with van der Waals surface area (Å²) in [5, 5.41) is 7.68. The first-order valence-corrected chi connectivity index (χ1v) is 39.7. The third-order valence-corrected chi connectivity index (χ3v) is 25.0. The lowest BCUT2D eigenvalue weighted by Crippen LogP contribution is -2.71. The minimum Gasteiger partial charge on any atom is -0.381 e. The molecule has 4 aliphatic heterocycles. The number of carbonyl (C=O) groups is 12. The Morgan fingerprint density at radius 3 is 1.92 bits per heavy atom.